The molecule has 0 N–H and O–H groups in total. The largest absolute Gasteiger partial charge is 0.454 e. The fraction of sp³-hybridized carbons (Fsp3) is 0.333. The SMILES string of the molecule is O=C1CC[C@@H]2C(=O)O[C@@H](Oc3ccc4ccccc4c3)C2C1. The van der Waals surface area contributed by atoms with Gasteiger partial charge in [-0.3, -0.25) is 9.59 Å². The van der Waals surface area contributed by atoms with E-state index >= 15 is 0 Å². The summed E-state index contributed by atoms with van der Waals surface area (Å²) >= 11 is 0. The predicted octanol–water partition coefficient (Wildman–Crippen LogP) is 3.09. The number of cyclic esters (lactones) is 1. The maximum Gasteiger partial charge on any atom is 0.312 e. The zero-order valence-corrected chi connectivity index (χ0v) is 12.0. The highest BCUT2D eigenvalue weighted by molar-refractivity contribution is 5.85. The van der Waals surface area contributed by atoms with Crippen LogP contribution in [-0.2, 0) is 14.3 Å². The molecule has 1 heterocycles. The van der Waals surface area contributed by atoms with E-state index in [4.69, 9.17) is 9.47 Å². The maximum absolute atomic E-state index is 11.9. The van der Waals surface area contributed by atoms with Gasteiger partial charge in [-0.25, -0.2) is 0 Å². The summed E-state index contributed by atoms with van der Waals surface area (Å²) in [5.74, 6) is 0.272. The minimum absolute atomic E-state index is 0.153. The molecule has 0 spiro atoms. The Morgan fingerprint density at radius 3 is 2.73 bits per heavy atom. The molecular weight excluding hydrogens is 280 g/mol. The van der Waals surface area contributed by atoms with Crippen molar-refractivity contribution in [1.82, 2.24) is 0 Å². The summed E-state index contributed by atoms with van der Waals surface area (Å²) in [5, 5.41) is 2.20. The quantitative estimate of drug-likeness (QED) is 0.799. The predicted molar refractivity (Wildman–Crippen MR) is 80.3 cm³/mol. The highest BCUT2D eigenvalue weighted by Crippen LogP contribution is 2.39. The second-order valence-corrected chi connectivity index (χ2v) is 5.98. The molecule has 3 atom stereocenters. The molecule has 2 aliphatic rings. The molecule has 0 amide bonds. The number of rotatable bonds is 2. The van der Waals surface area contributed by atoms with E-state index in [9.17, 15) is 9.59 Å². The molecule has 1 unspecified atom stereocenters. The van der Waals surface area contributed by atoms with E-state index in [1.165, 1.54) is 0 Å². The molecule has 2 aromatic rings. The number of ether oxygens (including phenoxy) is 2. The molecule has 2 aromatic carbocycles. The Kier molecular flexibility index (Phi) is 3.10. The van der Waals surface area contributed by atoms with Gasteiger partial charge in [0.2, 0.25) is 6.29 Å². The van der Waals surface area contributed by atoms with Crippen molar-refractivity contribution in [3.63, 3.8) is 0 Å². The lowest BCUT2D eigenvalue weighted by Gasteiger charge is -2.24. The second kappa shape index (κ2) is 5.13. The maximum atomic E-state index is 11.9. The number of hydrogen-bond donors (Lipinski definition) is 0. The van der Waals surface area contributed by atoms with E-state index in [1.807, 2.05) is 42.5 Å². The fourth-order valence-corrected chi connectivity index (χ4v) is 3.39. The van der Waals surface area contributed by atoms with Crippen molar-refractivity contribution >= 4 is 22.5 Å². The van der Waals surface area contributed by atoms with Crippen LogP contribution in [0, 0.1) is 11.8 Å². The lowest BCUT2D eigenvalue weighted by atomic mass is 9.80. The minimum Gasteiger partial charge on any atom is -0.454 e. The van der Waals surface area contributed by atoms with Crippen LogP contribution >= 0.6 is 0 Å². The first-order chi connectivity index (χ1) is 10.7. The van der Waals surface area contributed by atoms with Crippen molar-refractivity contribution in [3.8, 4) is 5.75 Å². The molecule has 1 saturated carbocycles. The van der Waals surface area contributed by atoms with E-state index in [2.05, 4.69) is 0 Å². The molecule has 0 radical (unpaired) electrons. The minimum atomic E-state index is -0.650. The Hall–Kier alpha value is -2.36. The number of benzene rings is 2. The zero-order chi connectivity index (χ0) is 15.1. The molecule has 1 aliphatic heterocycles. The molecule has 4 rings (SSSR count). The smallest absolute Gasteiger partial charge is 0.312 e. The number of fused-ring (bicyclic) bond motifs is 2. The van der Waals surface area contributed by atoms with Crippen LogP contribution < -0.4 is 4.74 Å². The summed E-state index contributed by atoms with van der Waals surface area (Å²) in [6.45, 7) is 0. The third kappa shape index (κ3) is 2.25. The van der Waals surface area contributed by atoms with E-state index in [0.29, 0.717) is 25.0 Å². The molecule has 0 bridgehead atoms. The van der Waals surface area contributed by atoms with Crippen LogP contribution in [0.5, 0.6) is 5.75 Å². The molecule has 112 valence electrons. The fourth-order valence-electron chi connectivity index (χ4n) is 3.39. The van der Waals surface area contributed by atoms with Crippen LogP contribution in [0.1, 0.15) is 19.3 Å². The first-order valence-electron chi connectivity index (χ1n) is 7.58. The molecule has 22 heavy (non-hydrogen) atoms. The van der Waals surface area contributed by atoms with Crippen molar-refractivity contribution in [1.29, 1.82) is 0 Å². The monoisotopic (exact) mass is 296 g/mol. The Morgan fingerprint density at radius 2 is 1.86 bits per heavy atom. The van der Waals surface area contributed by atoms with E-state index in [1.54, 1.807) is 0 Å². The summed E-state index contributed by atoms with van der Waals surface area (Å²) in [6, 6.07) is 13.8. The average molecular weight is 296 g/mol. The topological polar surface area (TPSA) is 52.6 Å². The molecular formula is C18H16O4. The summed E-state index contributed by atoms with van der Waals surface area (Å²) in [5.41, 5.74) is 0. The van der Waals surface area contributed by atoms with E-state index in [-0.39, 0.29) is 23.6 Å². The van der Waals surface area contributed by atoms with Gasteiger partial charge in [0.05, 0.1) is 11.8 Å². The van der Waals surface area contributed by atoms with Crippen molar-refractivity contribution in [2.75, 3.05) is 0 Å². The Labute approximate surface area is 128 Å². The van der Waals surface area contributed by atoms with Crippen LogP contribution in [0.4, 0.5) is 0 Å². The molecule has 0 aromatic heterocycles. The van der Waals surface area contributed by atoms with Crippen LogP contribution in [-0.4, -0.2) is 18.0 Å². The number of hydrogen-bond acceptors (Lipinski definition) is 4. The lowest BCUT2D eigenvalue weighted by Crippen LogP contribution is -2.31. The van der Waals surface area contributed by atoms with Crippen molar-refractivity contribution in [2.24, 2.45) is 11.8 Å². The Bertz CT molecular complexity index is 752. The Morgan fingerprint density at radius 1 is 1.05 bits per heavy atom. The summed E-state index contributed by atoms with van der Waals surface area (Å²) in [6.07, 6.45) is 0.774. The van der Waals surface area contributed by atoms with Gasteiger partial charge in [-0.05, 0) is 29.3 Å². The Balaban J connectivity index is 1.59. The van der Waals surface area contributed by atoms with Crippen LogP contribution in [0.2, 0.25) is 0 Å². The van der Waals surface area contributed by atoms with Gasteiger partial charge >= 0.3 is 5.97 Å². The third-order valence-electron chi connectivity index (χ3n) is 4.57. The van der Waals surface area contributed by atoms with Gasteiger partial charge in [0, 0.05) is 12.8 Å². The van der Waals surface area contributed by atoms with Gasteiger partial charge in [-0.2, -0.15) is 0 Å². The second-order valence-electron chi connectivity index (χ2n) is 5.98. The van der Waals surface area contributed by atoms with E-state index in [0.717, 1.165) is 10.8 Å². The van der Waals surface area contributed by atoms with Gasteiger partial charge in [-0.1, -0.05) is 30.3 Å². The van der Waals surface area contributed by atoms with Gasteiger partial charge in [0.15, 0.2) is 0 Å². The lowest BCUT2D eigenvalue weighted by molar-refractivity contribution is -0.154. The summed E-state index contributed by atoms with van der Waals surface area (Å²) < 4.78 is 11.2. The average Bonchev–Trinajstić information content (AvgIpc) is 2.83. The van der Waals surface area contributed by atoms with Crippen LogP contribution in [0.25, 0.3) is 10.8 Å². The van der Waals surface area contributed by atoms with Crippen LogP contribution in [0.15, 0.2) is 42.5 Å². The zero-order valence-electron chi connectivity index (χ0n) is 12.0. The standard InChI is InChI=1S/C18H16O4/c19-13-6-8-15-16(10-13)18(22-17(15)20)21-14-7-5-11-3-1-2-4-12(11)9-14/h1-5,7,9,15-16,18H,6,8,10H2/t15-,16?,18+/m0/s1. The van der Waals surface area contributed by atoms with Crippen molar-refractivity contribution in [3.05, 3.63) is 42.5 Å². The molecule has 1 saturated heterocycles. The molecule has 4 nitrogen and oxygen atoms in total. The van der Waals surface area contributed by atoms with Gasteiger partial charge in [0.1, 0.15) is 11.5 Å². The number of Topliss-reactive ketones (excluding diaryl/α,β-unsaturated/α-hetero) is 1. The normalized spacial score (nSPS) is 27.5. The first-order valence-corrected chi connectivity index (χ1v) is 7.58. The highest BCUT2D eigenvalue weighted by Gasteiger charge is 2.48. The van der Waals surface area contributed by atoms with Crippen LogP contribution in [0.3, 0.4) is 0 Å². The number of carbonyl (C=O) groups is 2. The molecule has 2 fully saturated rings. The third-order valence-corrected chi connectivity index (χ3v) is 4.57. The number of ketones is 1. The summed E-state index contributed by atoms with van der Waals surface area (Å²) in [4.78, 5) is 23.6. The first kappa shape index (κ1) is 13.3. The van der Waals surface area contributed by atoms with E-state index < -0.39 is 6.29 Å². The highest BCUT2D eigenvalue weighted by atomic mass is 16.7. The van der Waals surface area contributed by atoms with Crippen molar-refractivity contribution < 1.29 is 19.1 Å². The van der Waals surface area contributed by atoms with Gasteiger partial charge in [-0.15, -0.1) is 0 Å². The number of carbonyl (C=O) groups excluding carboxylic acids is 2. The van der Waals surface area contributed by atoms with Gasteiger partial charge in [0.25, 0.3) is 0 Å². The van der Waals surface area contributed by atoms with Crippen molar-refractivity contribution in [2.45, 2.75) is 25.6 Å². The number of esters is 1. The summed E-state index contributed by atoms with van der Waals surface area (Å²) in [7, 11) is 0. The molecule has 4 heteroatoms. The van der Waals surface area contributed by atoms with Gasteiger partial charge < -0.3 is 9.47 Å². The molecule has 1 aliphatic carbocycles.